The third kappa shape index (κ3) is 3.32. The van der Waals surface area contributed by atoms with E-state index in [1.54, 1.807) is 11.3 Å². The van der Waals surface area contributed by atoms with Crippen LogP contribution in [0.15, 0.2) is 34.1 Å². The molecule has 1 nitrogen and oxygen atoms in total. The van der Waals surface area contributed by atoms with Gasteiger partial charge in [-0.1, -0.05) is 17.7 Å². The third-order valence-electron chi connectivity index (χ3n) is 2.61. The molecular formula is C13H12BrClOS. The second kappa shape index (κ2) is 5.53. The lowest BCUT2D eigenvalue weighted by Crippen LogP contribution is -2.02. The number of halogens is 2. The van der Waals surface area contributed by atoms with Crippen LogP contribution in [0.1, 0.15) is 22.1 Å². The van der Waals surface area contributed by atoms with E-state index < -0.39 is 6.10 Å². The van der Waals surface area contributed by atoms with Crippen LogP contribution in [0.25, 0.3) is 0 Å². The molecule has 0 bridgehead atoms. The van der Waals surface area contributed by atoms with E-state index in [4.69, 9.17) is 11.6 Å². The maximum Gasteiger partial charge on any atom is 0.0840 e. The Kier molecular flexibility index (Phi) is 4.26. The summed E-state index contributed by atoms with van der Waals surface area (Å²) in [7, 11) is 0. The van der Waals surface area contributed by atoms with Gasteiger partial charge in [0.1, 0.15) is 0 Å². The lowest BCUT2D eigenvalue weighted by Gasteiger charge is -2.13. The lowest BCUT2D eigenvalue weighted by molar-refractivity contribution is 0.178. The molecule has 2 aromatic rings. The molecule has 1 unspecified atom stereocenters. The number of rotatable bonds is 3. The van der Waals surface area contributed by atoms with Gasteiger partial charge in [-0.25, -0.2) is 0 Å². The first-order valence-electron chi connectivity index (χ1n) is 5.24. The minimum Gasteiger partial charge on any atom is -0.388 e. The number of hydrogen-bond acceptors (Lipinski definition) is 2. The SMILES string of the molecule is Cc1cc(Cl)ccc1C(O)Cc1ccc(Br)s1. The van der Waals surface area contributed by atoms with Crippen molar-refractivity contribution < 1.29 is 5.11 Å². The highest BCUT2D eigenvalue weighted by molar-refractivity contribution is 9.11. The summed E-state index contributed by atoms with van der Waals surface area (Å²) in [5.41, 5.74) is 1.97. The fourth-order valence-electron chi connectivity index (χ4n) is 1.77. The summed E-state index contributed by atoms with van der Waals surface area (Å²) >= 11 is 11.0. The lowest BCUT2D eigenvalue weighted by atomic mass is 10.0. The largest absolute Gasteiger partial charge is 0.388 e. The van der Waals surface area contributed by atoms with E-state index in [0.717, 1.165) is 14.9 Å². The highest BCUT2D eigenvalue weighted by atomic mass is 79.9. The number of aliphatic hydroxyl groups is 1. The van der Waals surface area contributed by atoms with E-state index in [1.165, 1.54) is 4.88 Å². The molecule has 0 amide bonds. The van der Waals surface area contributed by atoms with Gasteiger partial charge in [0.25, 0.3) is 0 Å². The molecule has 1 N–H and O–H groups in total. The fourth-order valence-corrected chi connectivity index (χ4v) is 3.52. The third-order valence-corrected chi connectivity index (χ3v) is 4.50. The normalized spacial score (nSPS) is 12.7. The molecular weight excluding hydrogens is 320 g/mol. The standard InChI is InChI=1S/C13H12BrClOS/c1-8-6-9(15)2-4-11(8)12(16)7-10-3-5-13(14)17-10/h2-6,12,16H,7H2,1H3. The molecule has 1 aromatic heterocycles. The molecule has 0 aliphatic rings. The van der Waals surface area contributed by atoms with Crippen molar-refractivity contribution in [1.82, 2.24) is 0 Å². The van der Waals surface area contributed by atoms with E-state index in [-0.39, 0.29) is 0 Å². The molecule has 1 heterocycles. The van der Waals surface area contributed by atoms with Crippen molar-refractivity contribution in [1.29, 1.82) is 0 Å². The van der Waals surface area contributed by atoms with E-state index in [0.29, 0.717) is 11.4 Å². The van der Waals surface area contributed by atoms with Crippen LogP contribution in [0.5, 0.6) is 0 Å². The van der Waals surface area contributed by atoms with Gasteiger partial charge in [-0.2, -0.15) is 0 Å². The van der Waals surface area contributed by atoms with Crippen molar-refractivity contribution in [2.24, 2.45) is 0 Å². The maximum absolute atomic E-state index is 10.2. The Morgan fingerprint density at radius 3 is 2.71 bits per heavy atom. The second-order valence-electron chi connectivity index (χ2n) is 3.93. The number of aliphatic hydroxyl groups excluding tert-OH is 1. The van der Waals surface area contributed by atoms with Crippen molar-refractivity contribution in [2.75, 3.05) is 0 Å². The van der Waals surface area contributed by atoms with Gasteiger partial charge in [0.05, 0.1) is 9.89 Å². The molecule has 0 saturated carbocycles. The van der Waals surface area contributed by atoms with Crippen LogP contribution >= 0.6 is 38.9 Å². The van der Waals surface area contributed by atoms with E-state index in [1.807, 2.05) is 37.3 Å². The second-order valence-corrected chi connectivity index (χ2v) is 6.91. The molecule has 0 saturated heterocycles. The minimum atomic E-state index is -0.474. The summed E-state index contributed by atoms with van der Waals surface area (Å²) in [6, 6.07) is 9.62. The maximum atomic E-state index is 10.2. The van der Waals surface area contributed by atoms with Gasteiger partial charge in [-0.3, -0.25) is 0 Å². The van der Waals surface area contributed by atoms with Gasteiger partial charge >= 0.3 is 0 Å². The van der Waals surface area contributed by atoms with Gasteiger partial charge in [0, 0.05) is 16.3 Å². The highest BCUT2D eigenvalue weighted by Gasteiger charge is 2.12. The average molecular weight is 332 g/mol. The molecule has 0 spiro atoms. The van der Waals surface area contributed by atoms with Crippen molar-refractivity contribution in [3.63, 3.8) is 0 Å². The summed E-state index contributed by atoms with van der Waals surface area (Å²) in [5.74, 6) is 0. The van der Waals surface area contributed by atoms with Crippen LogP contribution < -0.4 is 0 Å². The summed E-state index contributed by atoms with van der Waals surface area (Å²) in [6.45, 7) is 1.97. The minimum absolute atomic E-state index is 0.474. The number of thiophene rings is 1. The van der Waals surface area contributed by atoms with Crippen LogP contribution in [-0.4, -0.2) is 5.11 Å². The van der Waals surface area contributed by atoms with Gasteiger partial charge in [-0.05, 0) is 58.2 Å². The summed E-state index contributed by atoms with van der Waals surface area (Å²) in [4.78, 5) is 1.17. The first kappa shape index (κ1) is 13.1. The average Bonchev–Trinajstić information content (AvgIpc) is 2.63. The van der Waals surface area contributed by atoms with E-state index in [2.05, 4.69) is 15.9 Å². The number of hydrogen-bond donors (Lipinski definition) is 1. The quantitative estimate of drug-likeness (QED) is 0.860. The zero-order valence-corrected chi connectivity index (χ0v) is 12.4. The van der Waals surface area contributed by atoms with Crippen molar-refractivity contribution in [3.8, 4) is 0 Å². The van der Waals surface area contributed by atoms with Gasteiger partial charge in [0.15, 0.2) is 0 Å². The van der Waals surface area contributed by atoms with Crippen LogP contribution in [0.2, 0.25) is 5.02 Å². The van der Waals surface area contributed by atoms with Crippen LogP contribution in [-0.2, 0) is 6.42 Å². The fraction of sp³-hybridized carbons (Fsp3) is 0.231. The zero-order valence-electron chi connectivity index (χ0n) is 9.28. The van der Waals surface area contributed by atoms with Crippen molar-refractivity contribution in [3.05, 3.63) is 55.1 Å². The molecule has 4 heteroatoms. The Morgan fingerprint density at radius 1 is 1.35 bits per heavy atom. The molecule has 0 fully saturated rings. The Morgan fingerprint density at radius 2 is 2.12 bits per heavy atom. The first-order chi connectivity index (χ1) is 8.06. The number of benzene rings is 1. The summed E-state index contributed by atoms with van der Waals surface area (Å²) in [5, 5.41) is 10.9. The molecule has 0 aliphatic carbocycles. The molecule has 17 heavy (non-hydrogen) atoms. The molecule has 90 valence electrons. The Hall–Kier alpha value is -0.350. The predicted octanol–water partition coefficient (Wildman–Crippen LogP) is 4.75. The van der Waals surface area contributed by atoms with Crippen molar-refractivity contribution >= 4 is 38.9 Å². The number of aryl methyl sites for hydroxylation is 1. The Balaban J connectivity index is 2.17. The topological polar surface area (TPSA) is 20.2 Å². The van der Waals surface area contributed by atoms with Gasteiger partial charge in [-0.15, -0.1) is 11.3 Å². The summed E-state index contributed by atoms with van der Waals surface area (Å²) < 4.78 is 1.09. The highest BCUT2D eigenvalue weighted by Crippen LogP contribution is 2.28. The molecule has 1 aromatic carbocycles. The molecule has 0 radical (unpaired) electrons. The smallest absolute Gasteiger partial charge is 0.0840 e. The predicted molar refractivity (Wildman–Crippen MR) is 76.9 cm³/mol. The molecule has 1 atom stereocenters. The van der Waals surface area contributed by atoms with Gasteiger partial charge in [0.2, 0.25) is 0 Å². The Labute approximate surface area is 118 Å². The van der Waals surface area contributed by atoms with Crippen LogP contribution in [0.4, 0.5) is 0 Å². The zero-order chi connectivity index (χ0) is 12.4. The molecule has 2 rings (SSSR count). The summed E-state index contributed by atoms with van der Waals surface area (Å²) in [6.07, 6.45) is 0.163. The monoisotopic (exact) mass is 330 g/mol. The van der Waals surface area contributed by atoms with Crippen LogP contribution in [0.3, 0.4) is 0 Å². The first-order valence-corrected chi connectivity index (χ1v) is 7.23. The van der Waals surface area contributed by atoms with Crippen LogP contribution in [0, 0.1) is 6.92 Å². The van der Waals surface area contributed by atoms with Gasteiger partial charge < -0.3 is 5.11 Å². The van der Waals surface area contributed by atoms with Crippen molar-refractivity contribution in [2.45, 2.75) is 19.4 Å². The Bertz CT molecular complexity index is 524. The van der Waals surface area contributed by atoms with E-state index >= 15 is 0 Å². The molecule has 0 aliphatic heterocycles. The van der Waals surface area contributed by atoms with E-state index in [9.17, 15) is 5.11 Å².